The van der Waals surface area contributed by atoms with Crippen LogP contribution in [0.1, 0.15) is 19.4 Å². The van der Waals surface area contributed by atoms with Crippen molar-refractivity contribution >= 4 is 15.8 Å². The summed E-state index contributed by atoms with van der Waals surface area (Å²) in [5.74, 6) is 0.627. The molecule has 0 fully saturated rings. The van der Waals surface area contributed by atoms with Gasteiger partial charge in [0, 0.05) is 38.2 Å². The molecule has 0 amide bonds. The summed E-state index contributed by atoms with van der Waals surface area (Å²) in [4.78, 5) is 8.42. The van der Waals surface area contributed by atoms with Crippen molar-refractivity contribution < 1.29 is 8.42 Å². The van der Waals surface area contributed by atoms with Gasteiger partial charge in [0.2, 0.25) is 10.0 Å². The first kappa shape index (κ1) is 16.4. The van der Waals surface area contributed by atoms with E-state index in [-0.39, 0.29) is 4.90 Å². The van der Waals surface area contributed by atoms with Gasteiger partial charge in [-0.1, -0.05) is 19.9 Å². The van der Waals surface area contributed by atoms with E-state index in [2.05, 4.69) is 15.3 Å². The van der Waals surface area contributed by atoms with Crippen LogP contribution in [0.2, 0.25) is 0 Å². The van der Waals surface area contributed by atoms with Crippen LogP contribution in [0.25, 0.3) is 0 Å². The molecule has 0 radical (unpaired) electrons. The van der Waals surface area contributed by atoms with Gasteiger partial charge in [-0.3, -0.25) is 4.98 Å². The molecule has 2 rings (SSSR count). The lowest BCUT2D eigenvalue weighted by Crippen LogP contribution is -2.30. The number of hydrogen-bond donors (Lipinski definition) is 1. The lowest BCUT2D eigenvalue weighted by atomic mass is 10.3. The van der Waals surface area contributed by atoms with E-state index in [0.717, 1.165) is 5.56 Å². The van der Waals surface area contributed by atoms with Gasteiger partial charge in [0.05, 0.1) is 0 Å². The number of rotatable bonds is 7. The van der Waals surface area contributed by atoms with E-state index in [4.69, 9.17) is 0 Å². The summed E-state index contributed by atoms with van der Waals surface area (Å²) in [6.07, 6.45) is 4.88. The first-order chi connectivity index (χ1) is 10.6. The number of nitrogens with one attached hydrogen (secondary N) is 1. The minimum atomic E-state index is -3.45. The van der Waals surface area contributed by atoms with E-state index in [1.165, 1.54) is 10.5 Å². The Balaban J connectivity index is 2.07. The number of sulfonamides is 1. The normalized spacial score (nSPS) is 11.6. The Bertz CT molecular complexity index is 683. The Hall–Kier alpha value is -1.99. The fourth-order valence-electron chi connectivity index (χ4n) is 2.05. The van der Waals surface area contributed by atoms with Crippen LogP contribution >= 0.6 is 0 Å². The van der Waals surface area contributed by atoms with Crippen LogP contribution < -0.4 is 5.32 Å². The largest absolute Gasteiger partial charge is 0.366 e. The van der Waals surface area contributed by atoms with Crippen molar-refractivity contribution in [3.63, 3.8) is 0 Å². The van der Waals surface area contributed by atoms with Gasteiger partial charge in [0.1, 0.15) is 10.7 Å². The lowest BCUT2D eigenvalue weighted by molar-refractivity contribution is 0.445. The maximum absolute atomic E-state index is 12.3. The fourth-order valence-corrected chi connectivity index (χ4v) is 3.45. The molecule has 0 aliphatic rings. The Morgan fingerprint density at radius 2 is 1.91 bits per heavy atom. The maximum atomic E-state index is 12.3. The Morgan fingerprint density at radius 1 is 1.14 bits per heavy atom. The van der Waals surface area contributed by atoms with Crippen molar-refractivity contribution in [1.29, 1.82) is 0 Å². The third kappa shape index (κ3) is 3.80. The highest BCUT2D eigenvalue weighted by Gasteiger charge is 2.21. The van der Waals surface area contributed by atoms with Crippen molar-refractivity contribution in [1.82, 2.24) is 14.3 Å². The van der Waals surface area contributed by atoms with Crippen molar-refractivity contribution in [2.45, 2.75) is 25.3 Å². The van der Waals surface area contributed by atoms with E-state index in [1.807, 2.05) is 26.0 Å². The third-order valence-corrected chi connectivity index (χ3v) is 5.31. The van der Waals surface area contributed by atoms with E-state index in [9.17, 15) is 8.42 Å². The molecule has 0 aliphatic heterocycles. The third-order valence-electron chi connectivity index (χ3n) is 3.28. The summed E-state index contributed by atoms with van der Waals surface area (Å²) in [5, 5.41) is 3.14. The summed E-state index contributed by atoms with van der Waals surface area (Å²) >= 11 is 0. The standard InChI is InChI=1S/C15H20N4O2S/c1-3-19(4-2)22(20,21)14-7-8-15(18-12-14)17-11-13-6-5-9-16-10-13/h5-10,12H,3-4,11H2,1-2H3,(H,17,18). The first-order valence-electron chi connectivity index (χ1n) is 7.17. The average Bonchev–Trinajstić information content (AvgIpc) is 2.55. The van der Waals surface area contributed by atoms with Crippen LogP contribution in [0, 0.1) is 0 Å². The molecule has 1 N–H and O–H groups in total. The molecule has 0 aromatic carbocycles. The minimum Gasteiger partial charge on any atom is -0.366 e. The van der Waals surface area contributed by atoms with Gasteiger partial charge in [0.25, 0.3) is 0 Å². The molecule has 0 aliphatic carbocycles. The van der Waals surface area contributed by atoms with Crippen molar-refractivity contribution in [2.24, 2.45) is 0 Å². The fraction of sp³-hybridized carbons (Fsp3) is 0.333. The predicted molar refractivity (Wildman–Crippen MR) is 85.9 cm³/mol. The summed E-state index contributed by atoms with van der Waals surface area (Å²) in [6.45, 7) is 5.11. The molecule has 0 spiro atoms. The average molecular weight is 320 g/mol. The number of hydrogen-bond acceptors (Lipinski definition) is 5. The number of pyridine rings is 2. The van der Waals surface area contributed by atoms with Gasteiger partial charge in [-0.25, -0.2) is 13.4 Å². The van der Waals surface area contributed by atoms with E-state index < -0.39 is 10.0 Å². The zero-order valence-corrected chi connectivity index (χ0v) is 13.5. The highest BCUT2D eigenvalue weighted by atomic mass is 32.2. The molecule has 0 saturated heterocycles. The summed E-state index contributed by atoms with van der Waals surface area (Å²) in [6, 6.07) is 7.07. The van der Waals surface area contributed by atoms with Crippen LogP contribution in [0.4, 0.5) is 5.82 Å². The van der Waals surface area contributed by atoms with Gasteiger partial charge in [-0.2, -0.15) is 4.31 Å². The molecule has 7 heteroatoms. The van der Waals surface area contributed by atoms with Gasteiger partial charge in [0.15, 0.2) is 0 Å². The Labute approximate surface area is 131 Å². The van der Waals surface area contributed by atoms with E-state index in [0.29, 0.717) is 25.5 Å². The molecule has 0 bridgehead atoms. The highest BCUT2D eigenvalue weighted by Crippen LogP contribution is 2.16. The number of nitrogens with zero attached hydrogens (tertiary/aromatic N) is 3. The Morgan fingerprint density at radius 3 is 2.45 bits per heavy atom. The Kier molecular flexibility index (Phi) is 5.46. The van der Waals surface area contributed by atoms with Crippen molar-refractivity contribution in [3.8, 4) is 0 Å². The summed E-state index contributed by atoms with van der Waals surface area (Å²) < 4.78 is 26.1. The van der Waals surface area contributed by atoms with Gasteiger partial charge in [-0.15, -0.1) is 0 Å². The topological polar surface area (TPSA) is 75.2 Å². The lowest BCUT2D eigenvalue weighted by Gasteiger charge is -2.18. The number of anilines is 1. The smallest absolute Gasteiger partial charge is 0.244 e. The molecule has 22 heavy (non-hydrogen) atoms. The summed E-state index contributed by atoms with van der Waals surface area (Å²) in [5.41, 5.74) is 1.03. The van der Waals surface area contributed by atoms with Crippen LogP contribution in [0.3, 0.4) is 0 Å². The maximum Gasteiger partial charge on any atom is 0.244 e. The van der Waals surface area contributed by atoms with Crippen LogP contribution in [0.15, 0.2) is 47.8 Å². The summed E-state index contributed by atoms with van der Waals surface area (Å²) in [7, 11) is -3.45. The quantitative estimate of drug-likeness (QED) is 0.846. The van der Waals surface area contributed by atoms with E-state index in [1.54, 1.807) is 24.5 Å². The molecule has 0 unspecified atom stereocenters. The molecular weight excluding hydrogens is 300 g/mol. The van der Waals surface area contributed by atoms with Crippen molar-refractivity contribution in [3.05, 3.63) is 48.4 Å². The van der Waals surface area contributed by atoms with Gasteiger partial charge >= 0.3 is 0 Å². The van der Waals surface area contributed by atoms with Gasteiger partial charge < -0.3 is 5.32 Å². The van der Waals surface area contributed by atoms with Crippen LogP contribution in [-0.4, -0.2) is 35.8 Å². The SMILES string of the molecule is CCN(CC)S(=O)(=O)c1ccc(NCc2cccnc2)nc1. The molecule has 2 aromatic heterocycles. The second-order valence-corrected chi connectivity index (χ2v) is 6.62. The predicted octanol–water partition coefficient (Wildman–Crippen LogP) is 2.12. The second-order valence-electron chi connectivity index (χ2n) is 4.68. The molecule has 118 valence electrons. The molecule has 0 atom stereocenters. The highest BCUT2D eigenvalue weighted by molar-refractivity contribution is 7.89. The molecule has 2 heterocycles. The molecular formula is C15H20N4O2S. The van der Waals surface area contributed by atoms with Crippen LogP contribution in [0.5, 0.6) is 0 Å². The molecule has 6 nitrogen and oxygen atoms in total. The zero-order chi connectivity index (χ0) is 16.0. The van der Waals surface area contributed by atoms with E-state index >= 15 is 0 Å². The first-order valence-corrected chi connectivity index (χ1v) is 8.61. The van der Waals surface area contributed by atoms with Gasteiger partial charge in [-0.05, 0) is 23.8 Å². The minimum absolute atomic E-state index is 0.211. The van der Waals surface area contributed by atoms with Crippen LogP contribution in [-0.2, 0) is 16.6 Å². The zero-order valence-electron chi connectivity index (χ0n) is 12.7. The second kappa shape index (κ2) is 7.33. The van der Waals surface area contributed by atoms with Crippen molar-refractivity contribution in [2.75, 3.05) is 18.4 Å². The molecule has 0 saturated carbocycles. The molecule has 2 aromatic rings. The number of aromatic nitrogens is 2. The monoisotopic (exact) mass is 320 g/mol.